The van der Waals surface area contributed by atoms with E-state index in [0.717, 1.165) is 37.7 Å². The number of halogens is 1. The molecular weight excluding hydrogens is 413 g/mol. The number of hydrogen-bond acceptors (Lipinski definition) is 6. The van der Waals surface area contributed by atoms with Gasteiger partial charge in [0.05, 0.1) is 18.9 Å². The third kappa shape index (κ3) is 6.24. The van der Waals surface area contributed by atoms with Crippen LogP contribution in [-0.2, 0) is 4.79 Å². The van der Waals surface area contributed by atoms with Gasteiger partial charge < -0.3 is 14.6 Å². The summed E-state index contributed by atoms with van der Waals surface area (Å²) in [5.41, 5.74) is 0. The Labute approximate surface area is 184 Å². The van der Waals surface area contributed by atoms with Crippen LogP contribution in [-0.4, -0.2) is 61.8 Å². The Morgan fingerprint density at radius 1 is 1.10 bits per heavy atom. The molecule has 1 N–H and O–H groups in total. The fourth-order valence-corrected chi connectivity index (χ4v) is 4.05. The van der Waals surface area contributed by atoms with E-state index in [1.165, 1.54) is 12.3 Å². The highest BCUT2D eigenvalue weighted by Gasteiger charge is 2.39. The summed E-state index contributed by atoms with van der Waals surface area (Å²) in [7, 11) is -1.92. The van der Waals surface area contributed by atoms with Crippen LogP contribution in [0.3, 0.4) is 0 Å². The molecule has 0 atom stereocenters. The number of anilines is 2. The van der Waals surface area contributed by atoms with Gasteiger partial charge in [0.25, 0.3) is 8.32 Å². The number of rotatable bonds is 6. The monoisotopic (exact) mass is 445 g/mol. The summed E-state index contributed by atoms with van der Waals surface area (Å²) in [6.45, 7) is 14.2. The number of amides is 1. The molecular formula is C22H32FN5O2Si. The number of aromatic nitrogens is 2. The van der Waals surface area contributed by atoms with Gasteiger partial charge in [0, 0.05) is 26.2 Å². The van der Waals surface area contributed by atoms with Crippen molar-refractivity contribution in [2.45, 2.75) is 38.9 Å². The van der Waals surface area contributed by atoms with Gasteiger partial charge in [-0.1, -0.05) is 20.8 Å². The minimum absolute atomic E-state index is 0.0982. The molecule has 0 bridgehead atoms. The molecule has 1 saturated heterocycles. The molecule has 0 aromatic carbocycles. The van der Waals surface area contributed by atoms with Crippen LogP contribution in [0.4, 0.5) is 16.0 Å². The molecule has 31 heavy (non-hydrogen) atoms. The summed E-state index contributed by atoms with van der Waals surface area (Å²) in [5, 5.41) is 2.96. The van der Waals surface area contributed by atoms with E-state index in [1.54, 1.807) is 18.3 Å². The molecule has 0 spiro atoms. The van der Waals surface area contributed by atoms with Crippen LogP contribution in [0.25, 0.3) is 0 Å². The van der Waals surface area contributed by atoms with Crippen LogP contribution < -0.4 is 14.6 Å². The lowest BCUT2D eigenvalue weighted by molar-refractivity contribution is -0.117. The van der Waals surface area contributed by atoms with E-state index in [4.69, 9.17) is 4.43 Å². The van der Waals surface area contributed by atoms with Gasteiger partial charge in [-0.15, -0.1) is 0 Å². The topological polar surface area (TPSA) is 70.6 Å². The Bertz CT molecular complexity index is 876. The average Bonchev–Trinajstić information content (AvgIpc) is 2.70. The Morgan fingerprint density at radius 3 is 2.35 bits per heavy atom. The molecule has 7 nitrogen and oxygen atoms in total. The minimum Gasteiger partial charge on any atom is -0.542 e. The molecule has 3 heterocycles. The van der Waals surface area contributed by atoms with Gasteiger partial charge in [0.2, 0.25) is 5.91 Å². The number of carbonyl (C=O) groups is 1. The fourth-order valence-electron chi connectivity index (χ4n) is 3.04. The van der Waals surface area contributed by atoms with Gasteiger partial charge in [0.1, 0.15) is 23.2 Å². The van der Waals surface area contributed by atoms with Gasteiger partial charge in [-0.3, -0.25) is 9.69 Å². The third-order valence-corrected chi connectivity index (χ3v) is 10.3. The second-order valence-electron chi connectivity index (χ2n) is 9.39. The van der Waals surface area contributed by atoms with E-state index >= 15 is 0 Å². The molecule has 2 aromatic heterocycles. The Kier molecular flexibility index (Phi) is 6.95. The van der Waals surface area contributed by atoms with Crippen molar-refractivity contribution in [3.05, 3.63) is 42.5 Å². The van der Waals surface area contributed by atoms with Gasteiger partial charge in [-0.25, -0.2) is 14.4 Å². The Morgan fingerprint density at radius 2 is 1.81 bits per heavy atom. The standard InChI is InChI=1S/C22H32FN5O2Si/c1-22(2,3)31(4,5)30-18-7-8-19(24-15-18)26-21(29)16-27-10-12-28(13-11-27)20-9-6-17(23)14-25-20/h6-9,14-15H,10-13,16H2,1-5H3,(H,24,26,29). The SMILES string of the molecule is CC(C)(C)[Si](C)(C)Oc1ccc(NC(=O)CN2CCN(c3ccc(F)cn3)CC2)nc1. The smallest absolute Gasteiger partial charge is 0.250 e. The lowest BCUT2D eigenvalue weighted by Gasteiger charge is -2.36. The highest BCUT2D eigenvalue weighted by molar-refractivity contribution is 6.74. The van der Waals surface area contributed by atoms with Crippen LogP contribution in [0.2, 0.25) is 18.1 Å². The van der Waals surface area contributed by atoms with E-state index in [9.17, 15) is 9.18 Å². The fraction of sp³-hybridized carbons (Fsp3) is 0.500. The highest BCUT2D eigenvalue weighted by Crippen LogP contribution is 2.37. The van der Waals surface area contributed by atoms with Gasteiger partial charge in [0.15, 0.2) is 0 Å². The maximum absolute atomic E-state index is 13.0. The van der Waals surface area contributed by atoms with Crippen LogP contribution in [0.1, 0.15) is 20.8 Å². The molecule has 3 rings (SSSR count). The van der Waals surface area contributed by atoms with Crippen molar-refractivity contribution in [3.8, 4) is 5.75 Å². The number of carbonyl (C=O) groups excluding carboxylic acids is 1. The van der Waals surface area contributed by atoms with E-state index < -0.39 is 8.32 Å². The number of hydrogen-bond donors (Lipinski definition) is 1. The first-order chi connectivity index (χ1) is 14.5. The first-order valence-corrected chi connectivity index (χ1v) is 13.5. The van der Waals surface area contributed by atoms with Crippen LogP contribution in [0, 0.1) is 5.82 Å². The van der Waals surface area contributed by atoms with E-state index in [2.05, 4.69) is 58.9 Å². The molecule has 2 aromatic rings. The van der Waals surface area contributed by atoms with Crippen molar-refractivity contribution in [1.29, 1.82) is 0 Å². The average molecular weight is 446 g/mol. The van der Waals surface area contributed by atoms with E-state index in [0.29, 0.717) is 12.4 Å². The maximum atomic E-state index is 13.0. The summed E-state index contributed by atoms with van der Waals surface area (Å²) in [6, 6.07) is 6.73. The van der Waals surface area contributed by atoms with Crippen molar-refractivity contribution < 1.29 is 13.6 Å². The van der Waals surface area contributed by atoms with Gasteiger partial charge >= 0.3 is 0 Å². The first kappa shape index (κ1) is 23.1. The molecule has 1 aliphatic heterocycles. The van der Waals surface area contributed by atoms with E-state index in [1.807, 2.05) is 6.07 Å². The van der Waals surface area contributed by atoms with Crippen molar-refractivity contribution in [2.75, 3.05) is 42.9 Å². The quantitative estimate of drug-likeness (QED) is 0.683. The molecule has 0 aliphatic carbocycles. The van der Waals surface area contributed by atoms with Crippen LogP contribution >= 0.6 is 0 Å². The van der Waals surface area contributed by atoms with Crippen LogP contribution in [0.15, 0.2) is 36.7 Å². The normalized spacial score (nSPS) is 15.6. The molecule has 1 amide bonds. The zero-order valence-corrected chi connectivity index (χ0v) is 20.0. The third-order valence-electron chi connectivity index (χ3n) is 5.96. The predicted molar refractivity (Wildman–Crippen MR) is 124 cm³/mol. The Hall–Kier alpha value is -2.52. The van der Waals surface area contributed by atoms with Crippen molar-refractivity contribution in [2.24, 2.45) is 0 Å². The van der Waals surface area contributed by atoms with E-state index in [-0.39, 0.29) is 16.8 Å². The summed E-state index contributed by atoms with van der Waals surface area (Å²) in [6.07, 6.45) is 2.90. The van der Waals surface area contributed by atoms with Crippen LogP contribution in [0.5, 0.6) is 5.75 Å². The van der Waals surface area contributed by atoms with Crippen molar-refractivity contribution in [3.63, 3.8) is 0 Å². The molecule has 168 valence electrons. The molecule has 1 aliphatic rings. The second kappa shape index (κ2) is 9.31. The Balaban J connectivity index is 1.46. The number of nitrogens with zero attached hydrogens (tertiary/aromatic N) is 4. The van der Waals surface area contributed by atoms with Crippen molar-refractivity contribution >= 4 is 25.9 Å². The summed E-state index contributed by atoms with van der Waals surface area (Å²) in [4.78, 5) is 25.1. The summed E-state index contributed by atoms with van der Waals surface area (Å²) in [5.74, 6) is 1.57. The predicted octanol–water partition coefficient (Wildman–Crippen LogP) is 3.76. The second-order valence-corrected chi connectivity index (χ2v) is 14.1. The largest absolute Gasteiger partial charge is 0.542 e. The zero-order valence-electron chi connectivity index (χ0n) is 19.0. The van der Waals surface area contributed by atoms with Crippen molar-refractivity contribution in [1.82, 2.24) is 14.9 Å². The molecule has 1 fully saturated rings. The molecule has 0 radical (unpaired) electrons. The number of nitrogens with one attached hydrogen (secondary N) is 1. The maximum Gasteiger partial charge on any atom is 0.250 e. The highest BCUT2D eigenvalue weighted by atomic mass is 28.4. The summed E-state index contributed by atoms with van der Waals surface area (Å²) < 4.78 is 19.3. The molecule has 0 saturated carbocycles. The molecule has 0 unspecified atom stereocenters. The number of piperazine rings is 1. The first-order valence-electron chi connectivity index (χ1n) is 10.6. The van der Waals surface area contributed by atoms with Gasteiger partial charge in [-0.05, 0) is 42.4 Å². The summed E-state index contributed by atoms with van der Waals surface area (Å²) >= 11 is 0. The number of pyridine rings is 2. The molecule has 9 heteroatoms. The zero-order chi connectivity index (χ0) is 22.6. The van der Waals surface area contributed by atoms with Gasteiger partial charge in [-0.2, -0.15) is 0 Å². The lowest BCUT2D eigenvalue weighted by atomic mass is 10.2. The lowest BCUT2D eigenvalue weighted by Crippen LogP contribution is -2.49. The minimum atomic E-state index is -1.92.